The van der Waals surface area contributed by atoms with Crippen LogP contribution in [0.15, 0.2) is 59.0 Å². The zero-order valence-electron chi connectivity index (χ0n) is 20.4. The number of H-pyrrole nitrogens is 1. The van der Waals surface area contributed by atoms with E-state index in [2.05, 4.69) is 9.72 Å². The van der Waals surface area contributed by atoms with Crippen LogP contribution in [0.3, 0.4) is 0 Å². The number of hydrogen-bond acceptors (Lipinski definition) is 6. The summed E-state index contributed by atoms with van der Waals surface area (Å²) in [6.07, 6.45) is -4.30. The SMILES string of the molecule is COc1ccc2[nH]c3c(c2c1)CCN(C(=O)c1ccc(OC(F)(F)F)cc1)[C@H]3c1ccc(COC(C)=O)o1. The van der Waals surface area contributed by atoms with Crippen LogP contribution in [0.4, 0.5) is 13.2 Å². The number of nitrogens with one attached hydrogen (secondary N) is 1. The number of aromatic nitrogens is 1. The van der Waals surface area contributed by atoms with Crippen LogP contribution in [-0.2, 0) is 22.6 Å². The first-order chi connectivity index (χ1) is 18.1. The van der Waals surface area contributed by atoms with E-state index in [1.54, 1.807) is 24.1 Å². The number of hydrogen-bond donors (Lipinski definition) is 1. The minimum absolute atomic E-state index is 0.0621. The molecule has 8 nitrogen and oxygen atoms in total. The van der Waals surface area contributed by atoms with E-state index >= 15 is 0 Å². The number of halogens is 3. The van der Waals surface area contributed by atoms with Crippen molar-refractivity contribution in [3.63, 3.8) is 0 Å². The maximum absolute atomic E-state index is 13.6. The summed E-state index contributed by atoms with van der Waals surface area (Å²) >= 11 is 0. The zero-order valence-corrected chi connectivity index (χ0v) is 20.4. The molecule has 1 N–H and O–H groups in total. The molecular weight excluding hydrogens is 505 g/mol. The number of alkyl halides is 3. The monoisotopic (exact) mass is 528 g/mol. The molecule has 4 aromatic rings. The van der Waals surface area contributed by atoms with Crippen molar-refractivity contribution in [2.75, 3.05) is 13.7 Å². The van der Waals surface area contributed by atoms with Gasteiger partial charge in [-0.25, -0.2) is 0 Å². The van der Waals surface area contributed by atoms with Crippen molar-refractivity contribution in [1.29, 1.82) is 0 Å². The number of furan rings is 1. The Bertz CT molecular complexity index is 1490. The van der Waals surface area contributed by atoms with E-state index in [9.17, 15) is 22.8 Å². The van der Waals surface area contributed by atoms with E-state index in [0.717, 1.165) is 34.3 Å². The van der Waals surface area contributed by atoms with E-state index in [1.807, 2.05) is 18.2 Å². The summed E-state index contributed by atoms with van der Waals surface area (Å²) in [5.41, 5.74) is 2.80. The summed E-state index contributed by atoms with van der Waals surface area (Å²) in [6, 6.07) is 13.2. The molecule has 0 fully saturated rings. The van der Waals surface area contributed by atoms with Crippen molar-refractivity contribution < 1.29 is 41.4 Å². The van der Waals surface area contributed by atoms with Gasteiger partial charge in [0.15, 0.2) is 0 Å². The molecule has 1 aliphatic rings. The molecule has 0 saturated carbocycles. The van der Waals surface area contributed by atoms with Gasteiger partial charge < -0.3 is 28.5 Å². The van der Waals surface area contributed by atoms with E-state index in [4.69, 9.17) is 13.9 Å². The highest BCUT2D eigenvalue weighted by molar-refractivity contribution is 5.95. The number of carbonyl (C=O) groups excluding carboxylic acids is 2. The fourth-order valence-electron chi connectivity index (χ4n) is 4.67. The van der Waals surface area contributed by atoms with Gasteiger partial charge in [0, 0.05) is 29.9 Å². The predicted octanol–water partition coefficient (Wildman–Crippen LogP) is 5.52. The molecule has 0 radical (unpaired) electrons. The van der Waals surface area contributed by atoms with Gasteiger partial charge in [0.25, 0.3) is 5.91 Å². The van der Waals surface area contributed by atoms with Crippen LogP contribution < -0.4 is 9.47 Å². The molecule has 0 saturated heterocycles. The maximum Gasteiger partial charge on any atom is 0.573 e. The number of amides is 1. The van der Waals surface area contributed by atoms with Crippen LogP contribution in [0.2, 0.25) is 0 Å². The topological polar surface area (TPSA) is 94.0 Å². The Labute approximate surface area is 214 Å². The molecule has 0 bridgehead atoms. The highest BCUT2D eigenvalue weighted by atomic mass is 19.4. The first kappa shape index (κ1) is 25.2. The Balaban J connectivity index is 1.53. The lowest BCUT2D eigenvalue weighted by molar-refractivity contribution is -0.274. The molecule has 3 heterocycles. The molecule has 11 heteroatoms. The number of nitrogens with zero attached hydrogens (tertiary/aromatic N) is 1. The third-order valence-electron chi connectivity index (χ3n) is 6.30. The van der Waals surface area contributed by atoms with E-state index < -0.39 is 30.0 Å². The van der Waals surface area contributed by atoms with Gasteiger partial charge in [-0.05, 0) is 66.6 Å². The van der Waals surface area contributed by atoms with Crippen LogP contribution >= 0.6 is 0 Å². The summed E-state index contributed by atoms with van der Waals surface area (Å²) in [4.78, 5) is 29.9. The van der Waals surface area contributed by atoms with Gasteiger partial charge in [0.1, 0.15) is 35.7 Å². The van der Waals surface area contributed by atoms with Crippen LogP contribution in [-0.4, -0.2) is 41.8 Å². The number of rotatable bonds is 6. The second kappa shape index (κ2) is 9.81. The first-order valence-corrected chi connectivity index (χ1v) is 11.7. The number of methoxy groups -OCH3 is 1. The summed E-state index contributed by atoms with van der Waals surface area (Å²) in [5, 5.41) is 0.955. The van der Waals surface area contributed by atoms with Crippen LogP contribution in [0.1, 0.15) is 46.1 Å². The molecule has 1 atom stereocenters. The quantitative estimate of drug-likeness (QED) is 0.331. The van der Waals surface area contributed by atoms with Gasteiger partial charge >= 0.3 is 12.3 Å². The smallest absolute Gasteiger partial charge is 0.497 e. The molecule has 2 aromatic heterocycles. The van der Waals surface area contributed by atoms with Gasteiger partial charge in [-0.2, -0.15) is 0 Å². The molecule has 1 aliphatic heterocycles. The molecule has 0 unspecified atom stereocenters. The minimum atomic E-state index is -4.83. The normalized spacial score (nSPS) is 15.3. The van der Waals surface area contributed by atoms with Crippen molar-refractivity contribution >= 4 is 22.8 Å². The Kier molecular flexibility index (Phi) is 6.52. The van der Waals surface area contributed by atoms with Gasteiger partial charge in [0.2, 0.25) is 0 Å². The lowest BCUT2D eigenvalue weighted by Crippen LogP contribution is -2.40. The van der Waals surface area contributed by atoms with Crippen molar-refractivity contribution in [2.24, 2.45) is 0 Å². The minimum Gasteiger partial charge on any atom is -0.497 e. The second-order valence-corrected chi connectivity index (χ2v) is 8.74. The molecular formula is C27H23F3N2O6. The molecule has 0 spiro atoms. The van der Waals surface area contributed by atoms with Crippen molar-refractivity contribution in [3.8, 4) is 11.5 Å². The van der Waals surface area contributed by atoms with Crippen LogP contribution in [0, 0.1) is 0 Å². The third kappa shape index (κ3) is 5.04. The number of benzene rings is 2. The fourth-order valence-corrected chi connectivity index (χ4v) is 4.67. The molecule has 5 rings (SSSR count). The molecule has 1 amide bonds. The number of ether oxygens (including phenoxy) is 3. The van der Waals surface area contributed by atoms with Gasteiger partial charge in [-0.3, -0.25) is 9.59 Å². The predicted molar refractivity (Wildman–Crippen MR) is 129 cm³/mol. The van der Waals surface area contributed by atoms with Crippen LogP contribution in [0.5, 0.6) is 11.5 Å². The van der Waals surface area contributed by atoms with E-state index in [-0.39, 0.29) is 12.2 Å². The number of fused-ring (bicyclic) bond motifs is 3. The number of aromatic amines is 1. The first-order valence-electron chi connectivity index (χ1n) is 11.7. The molecule has 2 aromatic carbocycles. The molecule has 0 aliphatic carbocycles. The lowest BCUT2D eigenvalue weighted by atomic mass is 9.95. The van der Waals surface area contributed by atoms with Crippen molar-refractivity contribution in [1.82, 2.24) is 9.88 Å². The maximum atomic E-state index is 13.6. The summed E-state index contributed by atoms with van der Waals surface area (Å²) in [5.74, 6) is 0.267. The Morgan fingerprint density at radius 2 is 1.82 bits per heavy atom. The highest BCUT2D eigenvalue weighted by Gasteiger charge is 2.37. The van der Waals surface area contributed by atoms with Crippen LogP contribution in [0.25, 0.3) is 10.9 Å². The Morgan fingerprint density at radius 3 is 2.50 bits per heavy atom. The second-order valence-electron chi connectivity index (χ2n) is 8.74. The zero-order chi connectivity index (χ0) is 27.0. The fraction of sp³-hybridized carbons (Fsp3) is 0.259. The van der Waals surface area contributed by atoms with Gasteiger partial charge in [0.05, 0.1) is 12.8 Å². The summed E-state index contributed by atoms with van der Waals surface area (Å²) in [7, 11) is 1.59. The third-order valence-corrected chi connectivity index (χ3v) is 6.30. The Hall–Kier alpha value is -4.41. The van der Waals surface area contributed by atoms with Gasteiger partial charge in [-0.15, -0.1) is 13.2 Å². The number of carbonyl (C=O) groups is 2. The van der Waals surface area contributed by atoms with E-state index in [0.29, 0.717) is 30.2 Å². The standard InChI is InChI=1S/C27H23F3N2O6/c1-15(33)36-14-19-8-10-23(37-19)25-24-20(21-13-18(35-2)7-9-22(21)31-24)11-12-32(25)26(34)16-3-5-17(6-4-16)38-27(28,29)30/h3-10,13,25,31H,11-12,14H2,1-2H3/t25-/m0/s1. The Morgan fingerprint density at radius 1 is 1.08 bits per heavy atom. The highest BCUT2D eigenvalue weighted by Crippen LogP contribution is 2.40. The summed E-state index contributed by atoms with van der Waals surface area (Å²) < 4.78 is 58.0. The molecule has 38 heavy (non-hydrogen) atoms. The van der Waals surface area contributed by atoms with E-state index in [1.165, 1.54) is 19.1 Å². The average Bonchev–Trinajstić information content (AvgIpc) is 3.50. The molecule has 198 valence electrons. The average molecular weight is 528 g/mol. The summed E-state index contributed by atoms with van der Waals surface area (Å²) in [6.45, 7) is 1.55. The van der Waals surface area contributed by atoms with Gasteiger partial charge in [-0.1, -0.05) is 0 Å². The van der Waals surface area contributed by atoms with Crippen molar-refractivity contribution in [2.45, 2.75) is 32.4 Å². The van der Waals surface area contributed by atoms with Crippen molar-refractivity contribution in [3.05, 3.63) is 82.9 Å². The number of esters is 1. The lowest BCUT2D eigenvalue weighted by Gasteiger charge is -2.35. The largest absolute Gasteiger partial charge is 0.573 e.